The van der Waals surface area contributed by atoms with E-state index in [4.69, 9.17) is 4.74 Å². The van der Waals surface area contributed by atoms with Gasteiger partial charge in [-0.05, 0) is 44.8 Å². The molecule has 2 N–H and O–H groups in total. The molecule has 0 aliphatic carbocycles. The average molecular weight is 367 g/mol. The molecule has 1 amide bonds. The van der Waals surface area contributed by atoms with Crippen LogP contribution < -0.4 is 10.6 Å². The topological polar surface area (TPSA) is 67.4 Å². The van der Waals surface area contributed by atoms with Gasteiger partial charge in [0.1, 0.15) is 11.6 Å². The van der Waals surface area contributed by atoms with Crippen LogP contribution in [0.3, 0.4) is 0 Å². The zero-order chi connectivity index (χ0) is 18.7. The summed E-state index contributed by atoms with van der Waals surface area (Å²) in [7, 11) is 0. The van der Waals surface area contributed by atoms with Gasteiger partial charge in [-0.1, -0.05) is 30.3 Å². The minimum Gasteiger partial charge on any atom is -0.458 e. The van der Waals surface area contributed by atoms with Gasteiger partial charge in [0.15, 0.2) is 0 Å². The van der Waals surface area contributed by atoms with Crippen molar-refractivity contribution in [2.75, 3.05) is 18.6 Å². The number of ether oxygens (including phenoxy) is 1. The molecule has 1 atom stereocenters. The lowest BCUT2D eigenvalue weighted by Gasteiger charge is -2.24. The standard InChI is InChI=1S/C19H30N2O3S/c1-19(2,3)24-18(23)16(11-13-25-4)21-17(22)10-12-20-14-15-8-6-5-7-9-15/h5-9,16,20H,10-14H2,1-4H3,(H,21,22)/t16-/m0/s1. The number of thioether (sulfide) groups is 1. The first-order valence-electron chi connectivity index (χ1n) is 8.57. The highest BCUT2D eigenvalue weighted by molar-refractivity contribution is 7.98. The summed E-state index contributed by atoms with van der Waals surface area (Å²) in [4.78, 5) is 24.4. The van der Waals surface area contributed by atoms with Gasteiger partial charge in [-0.25, -0.2) is 4.79 Å². The van der Waals surface area contributed by atoms with Crippen LogP contribution in [0.2, 0.25) is 0 Å². The molecule has 0 aliphatic heterocycles. The molecule has 5 nitrogen and oxygen atoms in total. The molecule has 1 rings (SSSR count). The van der Waals surface area contributed by atoms with E-state index in [0.29, 0.717) is 19.4 Å². The molecular formula is C19H30N2O3S. The molecule has 0 saturated heterocycles. The SMILES string of the molecule is CSCC[C@H](NC(=O)CCNCc1ccccc1)C(=O)OC(C)(C)C. The van der Waals surface area contributed by atoms with E-state index in [1.165, 1.54) is 5.56 Å². The molecule has 0 aliphatic rings. The Kier molecular flexibility index (Phi) is 9.60. The van der Waals surface area contributed by atoms with Crippen LogP contribution in [0.4, 0.5) is 0 Å². The lowest BCUT2D eigenvalue weighted by Crippen LogP contribution is -2.45. The summed E-state index contributed by atoms with van der Waals surface area (Å²) in [6, 6.07) is 9.43. The molecule has 0 bridgehead atoms. The molecule has 25 heavy (non-hydrogen) atoms. The van der Waals surface area contributed by atoms with Crippen molar-refractivity contribution in [2.24, 2.45) is 0 Å². The molecule has 0 unspecified atom stereocenters. The third-order valence-electron chi connectivity index (χ3n) is 3.34. The zero-order valence-corrected chi connectivity index (χ0v) is 16.4. The van der Waals surface area contributed by atoms with Gasteiger partial charge < -0.3 is 15.4 Å². The average Bonchev–Trinajstić information content (AvgIpc) is 2.54. The number of carbonyl (C=O) groups excluding carboxylic acids is 2. The van der Waals surface area contributed by atoms with Crippen LogP contribution in [-0.2, 0) is 20.9 Å². The molecule has 0 heterocycles. The smallest absolute Gasteiger partial charge is 0.329 e. The van der Waals surface area contributed by atoms with E-state index in [2.05, 4.69) is 10.6 Å². The second-order valence-corrected chi connectivity index (χ2v) is 7.83. The van der Waals surface area contributed by atoms with Crippen molar-refractivity contribution in [3.05, 3.63) is 35.9 Å². The van der Waals surface area contributed by atoms with E-state index in [9.17, 15) is 9.59 Å². The second-order valence-electron chi connectivity index (χ2n) is 6.85. The van der Waals surface area contributed by atoms with Crippen LogP contribution in [-0.4, -0.2) is 42.1 Å². The second kappa shape index (κ2) is 11.2. The van der Waals surface area contributed by atoms with Gasteiger partial charge in [-0.3, -0.25) is 4.79 Å². The normalized spacial score (nSPS) is 12.5. The highest BCUT2D eigenvalue weighted by Gasteiger charge is 2.26. The highest BCUT2D eigenvalue weighted by atomic mass is 32.2. The Morgan fingerprint density at radius 2 is 1.88 bits per heavy atom. The minimum atomic E-state index is -0.590. The quantitative estimate of drug-likeness (QED) is 0.492. The number of amides is 1. The molecule has 0 fully saturated rings. The van der Waals surface area contributed by atoms with E-state index in [-0.39, 0.29) is 11.9 Å². The van der Waals surface area contributed by atoms with E-state index >= 15 is 0 Å². The summed E-state index contributed by atoms with van der Waals surface area (Å²) in [5.74, 6) is 0.279. The molecule has 1 aromatic rings. The number of hydrogen-bond acceptors (Lipinski definition) is 5. The van der Waals surface area contributed by atoms with Gasteiger partial charge in [0.05, 0.1) is 0 Å². The highest BCUT2D eigenvalue weighted by Crippen LogP contribution is 2.11. The maximum Gasteiger partial charge on any atom is 0.329 e. The molecule has 140 valence electrons. The van der Waals surface area contributed by atoms with E-state index in [0.717, 1.165) is 12.3 Å². The first-order chi connectivity index (χ1) is 11.8. The van der Waals surface area contributed by atoms with Gasteiger partial charge in [-0.2, -0.15) is 11.8 Å². The Morgan fingerprint density at radius 1 is 1.20 bits per heavy atom. The first-order valence-corrected chi connectivity index (χ1v) is 9.97. The lowest BCUT2D eigenvalue weighted by atomic mass is 10.1. The molecule has 0 spiro atoms. The Bertz CT molecular complexity index is 529. The summed E-state index contributed by atoms with van der Waals surface area (Å²) in [6.45, 7) is 6.75. The van der Waals surface area contributed by atoms with Crippen LogP contribution >= 0.6 is 11.8 Å². The van der Waals surface area contributed by atoms with Crippen molar-refractivity contribution in [3.8, 4) is 0 Å². The minimum absolute atomic E-state index is 0.141. The lowest BCUT2D eigenvalue weighted by molar-refractivity contribution is -0.158. The molecular weight excluding hydrogens is 336 g/mol. The monoisotopic (exact) mass is 366 g/mol. The fraction of sp³-hybridized carbons (Fsp3) is 0.579. The van der Waals surface area contributed by atoms with Crippen molar-refractivity contribution < 1.29 is 14.3 Å². The number of rotatable bonds is 10. The predicted molar refractivity (Wildman–Crippen MR) is 104 cm³/mol. The van der Waals surface area contributed by atoms with Crippen LogP contribution in [0.5, 0.6) is 0 Å². The van der Waals surface area contributed by atoms with Gasteiger partial charge >= 0.3 is 5.97 Å². The third kappa shape index (κ3) is 10.1. The molecule has 0 radical (unpaired) electrons. The van der Waals surface area contributed by atoms with Crippen molar-refractivity contribution in [1.82, 2.24) is 10.6 Å². The fourth-order valence-electron chi connectivity index (χ4n) is 2.15. The Hall–Kier alpha value is -1.53. The van der Waals surface area contributed by atoms with Gasteiger partial charge in [0, 0.05) is 19.5 Å². The predicted octanol–water partition coefficient (Wildman–Crippen LogP) is 2.75. The number of esters is 1. The van der Waals surface area contributed by atoms with Gasteiger partial charge in [-0.15, -0.1) is 0 Å². The van der Waals surface area contributed by atoms with Crippen LogP contribution in [0.1, 0.15) is 39.2 Å². The summed E-state index contributed by atoms with van der Waals surface area (Å²) in [5, 5.41) is 6.04. The van der Waals surface area contributed by atoms with Crippen LogP contribution in [0.15, 0.2) is 30.3 Å². The van der Waals surface area contributed by atoms with E-state index in [1.54, 1.807) is 11.8 Å². The van der Waals surface area contributed by atoms with Gasteiger partial charge in [0.2, 0.25) is 5.91 Å². The van der Waals surface area contributed by atoms with Gasteiger partial charge in [0.25, 0.3) is 0 Å². The summed E-state index contributed by atoms with van der Waals surface area (Å²) < 4.78 is 5.40. The third-order valence-corrected chi connectivity index (χ3v) is 3.98. The number of nitrogens with one attached hydrogen (secondary N) is 2. The number of hydrogen-bond donors (Lipinski definition) is 2. The molecule has 6 heteroatoms. The summed E-state index contributed by atoms with van der Waals surface area (Å²) in [5.41, 5.74) is 0.617. The fourth-order valence-corrected chi connectivity index (χ4v) is 2.63. The zero-order valence-electron chi connectivity index (χ0n) is 15.6. The molecule has 1 aromatic carbocycles. The van der Waals surface area contributed by atoms with Crippen LogP contribution in [0.25, 0.3) is 0 Å². The van der Waals surface area contributed by atoms with Crippen molar-refractivity contribution in [1.29, 1.82) is 0 Å². The largest absolute Gasteiger partial charge is 0.458 e. The summed E-state index contributed by atoms with van der Waals surface area (Å²) >= 11 is 1.64. The Labute approximate surface area is 155 Å². The van der Waals surface area contributed by atoms with Crippen molar-refractivity contribution in [3.63, 3.8) is 0 Å². The Balaban J connectivity index is 2.39. The van der Waals surface area contributed by atoms with E-state index in [1.807, 2.05) is 57.4 Å². The number of benzene rings is 1. The maximum atomic E-state index is 12.3. The molecule has 0 aromatic heterocycles. The van der Waals surface area contributed by atoms with Crippen molar-refractivity contribution >= 4 is 23.6 Å². The van der Waals surface area contributed by atoms with Crippen molar-refractivity contribution in [2.45, 2.75) is 51.8 Å². The maximum absolute atomic E-state index is 12.3. The first kappa shape index (κ1) is 21.5. The number of carbonyl (C=O) groups is 2. The van der Waals surface area contributed by atoms with E-state index < -0.39 is 11.6 Å². The summed E-state index contributed by atoms with van der Waals surface area (Å²) in [6.07, 6.45) is 2.87. The van der Waals surface area contributed by atoms with Crippen LogP contribution in [0, 0.1) is 0 Å². The Morgan fingerprint density at radius 3 is 2.48 bits per heavy atom. The molecule has 0 saturated carbocycles.